The van der Waals surface area contributed by atoms with Gasteiger partial charge >= 0.3 is 0 Å². The van der Waals surface area contributed by atoms with Crippen molar-refractivity contribution in [2.75, 3.05) is 42.6 Å². The lowest BCUT2D eigenvalue weighted by Gasteiger charge is -2.44. The first-order valence-corrected chi connectivity index (χ1v) is 26.6. The molecule has 0 aromatic heterocycles. The van der Waals surface area contributed by atoms with Gasteiger partial charge < -0.3 is 15.0 Å². The number of carbonyl (C=O) groups is 2. The molecule has 2 bridgehead atoms. The topological polar surface area (TPSA) is 105 Å². The van der Waals surface area contributed by atoms with Crippen LogP contribution in [0.25, 0.3) is 0 Å². The number of amides is 1. The van der Waals surface area contributed by atoms with E-state index in [4.69, 9.17) is 16.3 Å². The van der Waals surface area contributed by atoms with E-state index in [9.17, 15) is 26.3 Å². The summed E-state index contributed by atoms with van der Waals surface area (Å²) in [5.41, 5.74) is 3.22. The maximum absolute atomic E-state index is 13.3. The quantitative estimate of drug-likeness (QED) is 0.153. The number of aryl methyl sites for hydroxylation is 1. The number of halogens is 5. The molecule has 5 aliphatic rings. The number of alkyl halides is 1. The minimum atomic E-state index is -3.93. The first kappa shape index (κ1) is 48.1. The van der Waals surface area contributed by atoms with Crippen LogP contribution in [0.3, 0.4) is 0 Å². The van der Waals surface area contributed by atoms with E-state index in [1.54, 1.807) is 43.4 Å². The van der Waals surface area contributed by atoms with Crippen LogP contribution in [0.15, 0.2) is 60.5 Å². The molecule has 1 saturated carbocycles. The molecule has 0 saturated heterocycles. The van der Waals surface area contributed by atoms with E-state index in [1.807, 2.05) is 17.9 Å². The number of rotatable bonds is 0. The predicted octanol–water partition coefficient (Wildman–Crippen LogP) is 9.27. The Morgan fingerprint density at radius 1 is 1.13 bits per heavy atom. The van der Waals surface area contributed by atoms with Crippen LogP contribution in [0.5, 0.6) is 5.75 Å². The average Bonchev–Trinajstić information content (AvgIpc) is 3.27. The Bertz CT molecular complexity index is 1850. The normalized spacial score (nSPS) is 27.9. The van der Waals surface area contributed by atoms with Crippen LogP contribution in [0.4, 0.5) is 14.0 Å². The predicted molar refractivity (Wildman–Crippen MR) is 243 cm³/mol. The Hall–Kier alpha value is -1.25. The van der Waals surface area contributed by atoms with Crippen LogP contribution in [-0.2, 0) is 44.9 Å². The summed E-state index contributed by atoms with van der Waals surface area (Å²) in [6.45, 7) is 6.58. The van der Waals surface area contributed by atoms with Crippen molar-refractivity contribution in [1.82, 2.24) is 10.0 Å². The summed E-state index contributed by atoms with van der Waals surface area (Å²) in [5.74, 6) is -0.0539. The fraction of sp³-hybridized carbons (Fsp3) is 0.538. The molecule has 0 radical (unpaired) electrons. The highest BCUT2D eigenvalue weighted by atomic mass is 127. The van der Waals surface area contributed by atoms with Gasteiger partial charge in [-0.1, -0.05) is 66.8 Å². The number of allylic oxidation sites excluding steroid dienone is 2. The number of sulfonamides is 1. The lowest BCUT2D eigenvalue weighted by atomic mass is 9.68. The molecular weight excluding hydrogens is 1010 g/mol. The highest BCUT2D eigenvalue weighted by Gasteiger charge is 2.44. The van der Waals surface area contributed by atoms with Crippen LogP contribution < -0.4 is 19.7 Å². The van der Waals surface area contributed by atoms with Gasteiger partial charge in [-0.3, -0.25) is 9.59 Å². The minimum Gasteiger partial charge on any atom is -0.490 e. The van der Waals surface area contributed by atoms with Crippen LogP contribution >= 0.6 is 55.4 Å². The van der Waals surface area contributed by atoms with Crippen molar-refractivity contribution in [1.29, 1.82) is 0 Å². The third kappa shape index (κ3) is 12.9. The second-order valence-corrected chi connectivity index (χ2v) is 22.1. The van der Waals surface area contributed by atoms with Gasteiger partial charge in [0.1, 0.15) is 18.6 Å². The van der Waals surface area contributed by atoms with Gasteiger partial charge in [0.25, 0.3) is 5.91 Å². The zero-order valence-electron chi connectivity index (χ0n) is 30.6. The van der Waals surface area contributed by atoms with Gasteiger partial charge in [-0.05, 0) is 134 Å². The van der Waals surface area contributed by atoms with E-state index in [0.29, 0.717) is 38.4 Å². The van der Waals surface area contributed by atoms with Crippen molar-refractivity contribution >= 4 is 101 Å². The van der Waals surface area contributed by atoms with E-state index in [1.165, 1.54) is 32.3 Å². The molecule has 2 aromatic rings. The maximum Gasteiger partial charge on any atom is 0.264 e. The molecule has 3 heterocycles. The lowest BCUT2D eigenvalue weighted by molar-refractivity contribution is -0.122. The fourth-order valence-corrected chi connectivity index (χ4v) is 9.09. The van der Waals surface area contributed by atoms with Crippen molar-refractivity contribution in [3.63, 3.8) is 0 Å². The smallest absolute Gasteiger partial charge is 0.264 e. The van der Waals surface area contributed by atoms with E-state index < -0.39 is 28.2 Å². The standard InChI is InChI=1S/C32H37ClN2O5S.C5H8FN.CH3I.CH4.FIS2/c1-20-5-3-7-29(36)26-11-8-24(26)17-35-18-32(14-4-6-22-15-25(33)10-12-27(22)32)19-40-30-13-9-23(16-28(30)35)31(37)34-41(38,39)21(20)2;6-5-2-1-3-7-4-5;1-2;;1-4(2)3/h3,7,9-10,12-13,15-16,20-21,24,26H,4-6,8,11,14,17-19H2,1-2H3,(H,34,37);2,7H,1,3-4H2;1H3;1H4;/b7-3+;;;;/t20-,21+,24-,26+,32-;;;;/m0..../s1. The Balaban J connectivity index is 0.000000500. The number of benzene rings is 2. The van der Waals surface area contributed by atoms with Gasteiger partial charge in [-0.15, -0.1) is 0 Å². The summed E-state index contributed by atoms with van der Waals surface area (Å²) < 4.78 is 57.8. The lowest BCUT2D eigenvalue weighted by Crippen LogP contribution is -2.49. The molecule has 55 heavy (non-hydrogen) atoms. The number of nitrogens with one attached hydrogen (secondary N) is 2. The molecule has 306 valence electrons. The van der Waals surface area contributed by atoms with Gasteiger partial charge in [-0.2, -0.15) is 3.89 Å². The molecule has 1 amide bonds. The van der Waals surface area contributed by atoms with Gasteiger partial charge in [0, 0.05) is 62.8 Å². The van der Waals surface area contributed by atoms with Crippen LogP contribution in [0.2, 0.25) is 5.02 Å². The number of hydrogen-bond donors (Lipinski definition) is 2. The second kappa shape index (κ2) is 22.2. The Morgan fingerprint density at radius 2 is 1.85 bits per heavy atom. The monoisotopic (exact) mass is 1070 g/mol. The van der Waals surface area contributed by atoms with Gasteiger partial charge in [0.05, 0.1) is 17.5 Å². The summed E-state index contributed by atoms with van der Waals surface area (Å²) in [7, 11) is -5.24. The number of fused-ring (bicyclic) bond motifs is 4. The first-order chi connectivity index (χ1) is 25.7. The van der Waals surface area contributed by atoms with Crippen molar-refractivity contribution in [3.8, 4) is 5.75 Å². The molecular formula is C39H52ClF2I2N3O5S3. The molecule has 2 N–H and O–H groups in total. The zero-order chi connectivity index (χ0) is 39.6. The van der Waals surface area contributed by atoms with Gasteiger partial charge in [0.2, 0.25) is 10.0 Å². The van der Waals surface area contributed by atoms with Crippen molar-refractivity contribution in [3.05, 3.63) is 82.2 Å². The fourth-order valence-electron chi connectivity index (χ4n) is 7.61. The number of anilines is 1. The summed E-state index contributed by atoms with van der Waals surface area (Å²) in [6, 6.07) is 11.3. The average molecular weight is 1070 g/mol. The number of carbonyl (C=O) groups excluding carboxylic acids is 2. The second-order valence-electron chi connectivity index (χ2n) is 14.2. The molecule has 16 heteroatoms. The highest BCUT2D eigenvalue weighted by molar-refractivity contribution is 14.2. The highest BCUT2D eigenvalue weighted by Crippen LogP contribution is 2.46. The Morgan fingerprint density at radius 3 is 2.47 bits per heavy atom. The third-order valence-corrected chi connectivity index (χ3v) is 13.0. The molecule has 3 aliphatic heterocycles. The summed E-state index contributed by atoms with van der Waals surface area (Å²) in [6.07, 6.45) is 11.1. The Kier molecular flexibility index (Phi) is 19.4. The molecule has 1 unspecified atom stereocenters. The third-order valence-electron chi connectivity index (χ3n) is 10.8. The maximum atomic E-state index is 13.3. The molecule has 2 aromatic carbocycles. The molecule has 2 aliphatic carbocycles. The van der Waals surface area contributed by atoms with Crippen molar-refractivity contribution in [2.45, 2.75) is 76.9 Å². The van der Waals surface area contributed by atoms with E-state index in [2.05, 4.69) is 60.9 Å². The number of nitrogens with zero attached hydrogens (tertiary/aromatic N) is 1. The van der Waals surface area contributed by atoms with E-state index in [-0.39, 0.29) is 47.8 Å². The first-order valence-electron chi connectivity index (χ1n) is 17.9. The molecule has 7 rings (SSSR count). The number of ketones is 1. The minimum absolute atomic E-state index is 0. The molecule has 1 spiro atoms. The van der Waals surface area contributed by atoms with E-state index in [0.717, 1.165) is 55.8 Å². The molecule has 1 fully saturated rings. The molecule has 8 nitrogen and oxygen atoms in total. The van der Waals surface area contributed by atoms with Crippen LogP contribution in [0.1, 0.15) is 81.3 Å². The zero-order valence-corrected chi connectivity index (χ0v) is 38.1. The van der Waals surface area contributed by atoms with E-state index >= 15 is 0 Å². The van der Waals surface area contributed by atoms with Gasteiger partial charge in [0.15, 0.2) is 5.78 Å². The number of hydrogen-bond acceptors (Lipinski definition) is 8. The Labute approximate surface area is 364 Å². The summed E-state index contributed by atoms with van der Waals surface area (Å²) >= 11 is 14.0. The SMILES string of the molecule is C.CI.C[C@@H]1[C@@H](C)C/C=C/C(=O)[C@@H]2CC[C@H]2CN2C[C@@]3(CCCc4cc(Cl)ccc43)COc3ccc(cc32)C(=O)NS1(=O)=O.FC1=CCCNC1.FS(=S)I. The van der Waals surface area contributed by atoms with Crippen molar-refractivity contribution < 1.29 is 31.0 Å². The summed E-state index contributed by atoms with van der Waals surface area (Å²) in [5, 5.41) is 2.81. The molecule has 6 atom stereocenters. The number of ether oxygens (including phenoxy) is 1. The van der Waals surface area contributed by atoms with Crippen LogP contribution in [-0.4, -0.2) is 63.1 Å². The largest absolute Gasteiger partial charge is 0.490 e. The van der Waals surface area contributed by atoms with Gasteiger partial charge in [-0.25, -0.2) is 17.5 Å². The van der Waals surface area contributed by atoms with Crippen LogP contribution in [0, 0.1) is 17.8 Å². The van der Waals surface area contributed by atoms with Crippen molar-refractivity contribution in [2.24, 2.45) is 17.8 Å². The summed E-state index contributed by atoms with van der Waals surface area (Å²) in [4.78, 5) is 30.8.